The van der Waals surface area contributed by atoms with Gasteiger partial charge in [0.05, 0.1) is 6.10 Å². The zero-order chi connectivity index (χ0) is 17.5. The molecule has 0 aromatic carbocycles. The summed E-state index contributed by atoms with van der Waals surface area (Å²) in [5.74, 6) is -0.0530. The second kappa shape index (κ2) is 8.83. The van der Waals surface area contributed by atoms with E-state index in [0.717, 1.165) is 30.6 Å². The number of rotatable bonds is 6. The predicted octanol–water partition coefficient (Wildman–Crippen LogP) is 3.31. The van der Waals surface area contributed by atoms with Crippen molar-refractivity contribution in [2.75, 3.05) is 25.0 Å². The quantitative estimate of drug-likeness (QED) is 0.839. The van der Waals surface area contributed by atoms with Gasteiger partial charge in [0.1, 0.15) is 5.69 Å². The molecular weight excluding hydrogens is 302 g/mol. The van der Waals surface area contributed by atoms with Gasteiger partial charge in [-0.1, -0.05) is 19.4 Å². The van der Waals surface area contributed by atoms with Crippen LogP contribution in [0.1, 0.15) is 62.5 Å². The Morgan fingerprint density at radius 2 is 2.12 bits per heavy atom. The maximum Gasteiger partial charge on any atom is 0.272 e. The molecular formula is C19H29N3O2. The van der Waals surface area contributed by atoms with Crippen LogP contribution in [0.2, 0.25) is 0 Å². The first-order valence-electron chi connectivity index (χ1n) is 8.95. The fourth-order valence-corrected chi connectivity index (χ4v) is 2.93. The molecule has 1 aliphatic heterocycles. The number of allylic oxidation sites excluding steroid dienone is 2. The Labute approximate surface area is 144 Å². The summed E-state index contributed by atoms with van der Waals surface area (Å²) in [5.41, 5.74) is 3.66. The summed E-state index contributed by atoms with van der Waals surface area (Å²) >= 11 is 0. The molecule has 5 heteroatoms. The number of amides is 1. The van der Waals surface area contributed by atoms with Crippen LogP contribution in [0.15, 0.2) is 18.3 Å². The van der Waals surface area contributed by atoms with E-state index in [0.29, 0.717) is 31.6 Å². The van der Waals surface area contributed by atoms with Gasteiger partial charge in [-0.2, -0.15) is 0 Å². The van der Waals surface area contributed by atoms with Crippen LogP contribution < -0.4 is 5.32 Å². The van der Waals surface area contributed by atoms with E-state index in [1.807, 2.05) is 13.0 Å². The van der Waals surface area contributed by atoms with Crippen molar-refractivity contribution in [1.82, 2.24) is 9.88 Å². The van der Waals surface area contributed by atoms with Crippen LogP contribution >= 0.6 is 0 Å². The van der Waals surface area contributed by atoms with Crippen molar-refractivity contribution in [1.29, 1.82) is 0 Å². The van der Waals surface area contributed by atoms with Crippen LogP contribution in [-0.4, -0.2) is 46.6 Å². The van der Waals surface area contributed by atoms with E-state index in [4.69, 9.17) is 0 Å². The second-order valence-electron chi connectivity index (χ2n) is 6.34. The molecule has 0 radical (unpaired) electrons. The fraction of sp³-hybridized carbons (Fsp3) is 0.579. The van der Waals surface area contributed by atoms with E-state index >= 15 is 0 Å². The summed E-state index contributed by atoms with van der Waals surface area (Å²) in [6.07, 6.45) is 7.16. The molecule has 1 aliphatic rings. The molecule has 0 saturated carbocycles. The first-order valence-corrected chi connectivity index (χ1v) is 8.95. The van der Waals surface area contributed by atoms with Crippen molar-refractivity contribution in [3.05, 3.63) is 29.6 Å². The Bertz CT molecular complexity index is 590. The number of hydrogen-bond donors (Lipinski definition) is 2. The van der Waals surface area contributed by atoms with Gasteiger partial charge in [-0.05, 0) is 44.7 Å². The first kappa shape index (κ1) is 18.5. The molecule has 1 aromatic heterocycles. The Hall–Kier alpha value is -1.88. The minimum atomic E-state index is -0.284. The number of unbranched alkanes of at least 4 members (excludes halogenated alkanes) is 1. The van der Waals surface area contributed by atoms with E-state index < -0.39 is 0 Å². The van der Waals surface area contributed by atoms with E-state index in [1.165, 1.54) is 5.57 Å². The van der Waals surface area contributed by atoms with Crippen LogP contribution in [0, 0.1) is 0 Å². The molecule has 2 heterocycles. The third-order valence-electron chi connectivity index (χ3n) is 4.41. The van der Waals surface area contributed by atoms with Gasteiger partial charge in [0.25, 0.3) is 5.91 Å². The molecule has 2 N–H and O–H groups in total. The normalized spacial score (nSPS) is 16.3. The zero-order valence-electron chi connectivity index (χ0n) is 15.0. The topological polar surface area (TPSA) is 65.5 Å². The summed E-state index contributed by atoms with van der Waals surface area (Å²) < 4.78 is 0. The molecule has 0 aliphatic carbocycles. The lowest BCUT2D eigenvalue weighted by atomic mass is 10.0. The molecule has 1 saturated heterocycles. The maximum atomic E-state index is 12.7. The molecule has 2 rings (SSSR count). The highest BCUT2D eigenvalue weighted by atomic mass is 16.3. The van der Waals surface area contributed by atoms with E-state index in [9.17, 15) is 9.90 Å². The van der Waals surface area contributed by atoms with Gasteiger partial charge in [-0.25, -0.2) is 0 Å². The predicted molar refractivity (Wildman–Crippen MR) is 98.1 cm³/mol. The lowest BCUT2D eigenvalue weighted by Crippen LogP contribution is -2.40. The standard InChI is InChI=1S/C19H29N3O2/c1-4-6-7-14(3)16-13-21-18(12-17(16)20-5-2)19(24)22-10-8-15(23)9-11-22/h7,12-13,15,23H,4-6,8-11H2,1-3H3,(H,20,21)/b14-7-. The van der Waals surface area contributed by atoms with Crippen LogP contribution in [0.3, 0.4) is 0 Å². The number of aliphatic hydroxyl groups excluding tert-OH is 1. The van der Waals surface area contributed by atoms with Crippen LogP contribution in [0.25, 0.3) is 5.57 Å². The van der Waals surface area contributed by atoms with Gasteiger partial charge < -0.3 is 15.3 Å². The number of aromatic nitrogens is 1. The van der Waals surface area contributed by atoms with Gasteiger partial charge in [0.15, 0.2) is 0 Å². The molecule has 5 nitrogen and oxygen atoms in total. The van der Waals surface area contributed by atoms with Crippen molar-refractivity contribution in [3.8, 4) is 0 Å². The summed E-state index contributed by atoms with van der Waals surface area (Å²) in [6, 6.07) is 1.86. The molecule has 0 bridgehead atoms. The minimum Gasteiger partial charge on any atom is -0.393 e. The van der Waals surface area contributed by atoms with Gasteiger partial charge in [-0.3, -0.25) is 9.78 Å². The molecule has 24 heavy (non-hydrogen) atoms. The Morgan fingerprint density at radius 1 is 1.42 bits per heavy atom. The zero-order valence-corrected chi connectivity index (χ0v) is 15.0. The minimum absolute atomic E-state index is 0.0530. The lowest BCUT2D eigenvalue weighted by Gasteiger charge is -2.29. The third-order valence-corrected chi connectivity index (χ3v) is 4.41. The smallest absolute Gasteiger partial charge is 0.272 e. The van der Waals surface area contributed by atoms with Gasteiger partial charge in [-0.15, -0.1) is 0 Å². The summed E-state index contributed by atoms with van der Waals surface area (Å²) in [7, 11) is 0. The highest BCUT2D eigenvalue weighted by Gasteiger charge is 2.23. The van der Waals surface area contributed by atoms with Crippen LogP contribution in [-0.2, 0) is 0 Å². The number of aliphatic hydroxyl groups is 1. The lowest BCUT2D eigenvalue weighted by molar-refractivity contribution is 0.0541. The van der Waals surface area contributed by atoms with Gasteiger partial charge in [0, 0.05) is 37.1 Å². The highest BCUT2D eigenvalue weighted by molar-refractivity contribution is 5.94. The van der Waals surface area contributed by atoms with Crippen molar-refractivity contribution in [2.24, 2.45) is 0 Å². The Balaban J connectivity index is 2.22. The number of likely N-dealkylation sites (tertiary alicyclic amines) is 1. The number of carbonyl (C=O) groups is 1. The van der Waals surface area contributed by atoms with E-state index in [-0.39, 0.29) is 12.0 Å². The number of anilines is 1. The number of piperidine rings is 1. The number of hydrogen-bond acceptors (Lipinski definition) is 4. The van der Waals surface area contributed by atoms with E-state index in [2.05, 4.69) is 30.2 Å². The Kier molecular flexibility index (Phi) is 6.79. The monoisotopic (exact) mass is 331 g/mol. The SMILES string of the molecule is CCC/C=C(/C)c1cnc(C(=O)N2CCC(O)CC2)cc1NCC. The summed E-state index contributed by atoms with van der Waals surface area (Å²) in [6.45, 7) is 8.26. The van der Waals surface area contributed by atoms with E-state index in [1.54, 1.807) is 11.1 Å². The molecule has 1 aromatic rings. The van der Waals surface area contributed by atoms with Crippen molar-refractivity contribution in [2.45, 2.75) is 52.6 Å². The van der Waals surface area contributed by atoms with Gasteiger partial charge in [0.2, 0.25) is 0 Å². The summed E-state index contributed by atoms with van der Waals surface area (Å²) in [4.78, 5) is 18.8. The van der Waals surface area contributed by atoms with Crippen LogP contribution in [0.5, 0.6) is 0 Å². The maximum absolute atomic E-state index is 12.7. The average Bonchev–Trinajstić information content (AvgIpc) is 2.60. The fourth-order valence-electron chi connectivity index (χ4n) is 2.93. The largest absolute Gasteiger partial charge is 0.393 e. The number of pyridine rings is 1. The van der Waals surface area contributed by atoms with Crippen LogP contribution in [0.4, 0.5) is 5.69 Å². The number of nitrogens with zero attached hydrogens (tertiary/aromatic N) is 2. The average molecular weight is 331 g/mol. The molecule has 1 fully saturated rings. The summed E-state index contributed by atoms with van der Waals surface area (Å²) in [5, 5.41) is 12.9. The Morgan fingerprint density at radius 3 is 2.75 bits per heavy atom. The molecule has 0 unspecified atom stereocenters. The van der Waals surface area contributed by atoms with Crippen molar-refractivity contribution >= 4 is 17.2 Å². The number of carbonyl (C=O) groups excluding carboxylic acids is 1. The molecule has 0 atom stereocenters. The molecule has 0 spiro atoms. The first-order chi connectivity index (χ1) is 11.6. The number of nitrogens with one attached hydrogen (secondary N) is 1. The van der Waals surface area contributed by atoms with Crippen molar-refractivity contribution < 1.29 is 9.90 Å². The van der Waals surface area contributed by atoms with Crippen molar-refractivity contribution in [3.63, 3.8) is 0 Å². The van der Waals surface area contributed by atoms with Gasteiger partial charge >= 0.3 is 0 Å². The molecule has 132 valence electrons. The molecule has 1 amide bonds. The highest BCUT2D eigenvalue weighted by Crippen LogP contribution is 2.25. The second-order valence-corrected chi connectivity index (χ2v) is 6.34. The third kappa shape index (κ3) is 4.57.